The van der Waals surface area contributed by atoms with Crippen molar-refractivity contribution in [3.8, 4) is 0 Å². The highest BCUT2D eigenvalue weighted by Crippen LogP contribution is 2.23. The SMILES string of the molecule is O=c1c2c([nH]c3c(I)cc(F)cc13)CCCC2. The maximum atomic E-state index is 13.4. The number of benzene rings is 1. The third-order valence-corrected chi connectivity index (χ3v) is 4.17. The fraction of sp³-hybridized carbons (Fsp3) is 0.308. The third kappa shape index (κ3) is 1.78. The summed E-state index contributed by atoms with van der Waals surface area (Å²) in [4.78, 5) is 15.6. The minimum absolute atomic E-state index is 0.00543. The molecule has 1 heterocycles. The highest BCUT2D eigenvalue weighted by molar-refractivity contribution is 14.1. The second kappa shape index (κ2) is 4.08. The molecule has 1 N–H and O–H groups in total. The Bertz CT molecular complexity index is 662. The van der Waals surface area contributed by atoms with Crippen LogP contribution < -0.4 is 5.43 Å². The molecular formula is C13H11FINO. The van der Waals surface area contributed by atoms with Gasteiger partial charge in [-0.05, 0) is 60.4 Å². The molecule has 0 radical (unpaired) electrons. The number of fused-ring (bicyclic) bond motifs is 2. The summed E-state index contributed by atoms with van der Waals surface area (Å²) in [5.74, 6) is -0.344. The Hall–Kier alpha value is -0.910. The van der Waals surface area contributed by atoms with Crippen molar-refractivity contribution < 1.29 is 4.39 Å². The highest BCUT2D eigenvalue weighted by atomic mass is 127. The first-order chi connectivity index (χ1) is 8.16. The summed E-state index contributed by atoms with van der Waals surface area (Å²) >= 11 is 2.07. The van der Waals surface area contributed by atoms with Crippen LogP contribution in [0.5, 0.6) is 0 Å². The number of rotatable bonds is 0. The number of nitrogens with one attached hydrogen (secondary N) is 1. The van der Waals surface area contributed by atoms with Gasteiger partial charge in [-0.2, -0.15) is 0 Å². The molecule has 1 aromatic heterocycles. The number of hydrogen-bond donors (Lipinski definition) is 1. The molecule has 0 fully saturated rings. The van der Waals surface area contributed by atoms with Crippen LogP contribution in [-0.2, 0) is 12.8 Å². The van der Waals surface area contributed by atoms with Gasteiger partial charge >= 0.3 is 0 Å². The van der Waals surface area contributed by atoms with Gasteiger partial charge in [-0.25, -0.2) is 4.39 Å². The van der Waals surface area contributed by atoms with Gasteiger partial charge in [0.1, 0.15) is 5.82 Å². The van der Waals surface area contributed by atoms with Crippen LogP contribution in [0.1, 0.15) is 24.1 Å². The molecule has 3 rings (SSSR count). The van der Waals surface area contributed by atoms with Crippen molar-refractivity contribution in [3.05, 3.63) is 43.0 Å². The largest absolute Gasteiger partial charge is 0.357 e. The smallest absolute Gasteiger partial charge is 0.192 e. The number of aromatic amines is 1. The number of aromatic nitrogens is 1. The van der Waals surface area contributed by atoms with E-state index in [1.54, 1.807) is 0 Å². The van der Waals surface area contributed by atoms with E-state index < -0.39 is 0 Å². The molecule has 17 heavy (non-hydrogen) atoms. The fourth-order valence-electron chi connectivity index (χ4n) is 2.49. The van der Waals surface area contributed by atoms with Crippen LogP contribution in [-0.4, -0.2) is 4.98 Å². The molecule has 0 aliphatic heterocycles. The molecule has 0 atom stereocenters. The molecule has 1 aliphatic rings. The van der Waals surface area contributed by atoms with Crippen molar-refractivity contribution in [2.45, 2.75) is 25.7 Å². The molecule has 0 saturated heterocycles. The van der Waals surface area contributed by atoms with Gasteiger partial charge in [0.25, 0.3) is 0 Å². The normalized spacial score (nSPS) is 14.9. The second-order valence-electron chi connectivity index (χ2n) is 4.43. The molecule has 2 nitrogen and oxygen atoms in total. The maximum absolute atomic E-state index is 13.4. The number of aryl methyl sites for hydroxylation is 1. The first kappa shape index (κ1) is 11.2. The number of hydrogen-bond acceptors (Lipinski definition) is 1. The van der Waals surface area contributed by atoms with Gasteiger partial charge in [0, 0.05) is 20.2 Å². The van der Waals surface area contributed by atoms with Crippen molar-refractivity contribution in [2.75, 3.05) is 0 Å². The lowest BCUT2D eigenvalue weighted by Gasteiger charge is -2.16. The van der Waals surface area contributed by atoms with Gasteiger partial charge in [0.2, 0.25) is 0 Å². The first-order valence-corrected chi connectivity index (χ1v) is 6.77. The molecule has 0 saturated carbocycles. The lowest BCUT2D eigenvalue weighted by atomic mass is 9.94. The standard InChI is InChI=1S/C13H11FINO/c14-7-5-9-12(10(15)6-7)16-11-4-2-1-3-8(11)13(9)17/h5-6H,1-4H2,(H,16,17). The molecule has 0 bridgehead atoms. The minimum Gasteiger partial charge on any atom is -0.357 e. The monoisotopic (exact) mass is 343 g/mol. The van der Waals surface area contributed by atoms with E-state index in [0.717, 1.165) is 46.0 Å². The fourth-order valence-corrected chi connectivity index (χ4v) is 3.21. The lowest BCUT2D eigenvalue weighted by Crippen LogP contribution is -2.18. The first-order valence-electron chi connectivity index (χ1n) is 5.69. The van der Waals surface area contributed by atoms with E-state index in [2.05, 4.69) is 27.6 Å². The lowest BCUT2D eigenvalue weighted by molar-refractivity contribution is 0.628. The topological polar surface area (TPSA) is 32.9 Å². The van der Waals surface area contributed by atoms with Gasteiger partial charge < -0.3 is 4.98 Å². The summed E-state index contributed by atoms with van der Waals surface area (Å²) in [7, 11) is 0. The number of pyridine rings is 1. The average molecular weight is 343 g/mol. The van der Waals surface area contributed by atoms with Crippen LogP contribution >= 0.6 is 22.6 Å². The van der Waals surface area contributed by atoms with Gasteiger partial charge in [-0.15, -0.1) is 0 Å². The van der Waals surface area contributed by atoms with Crippen LogP contribution in [0.4, 0.5) is 4.39 Å². The van der Waals surface area contributed by atoms with E-state index in [1.807, 2.05) is 0 Å². The van der Waals surface area contributed by atoms with E-state index in [4.69, 9.17) is 0 Å². The van der Waals surface area contributed by atoms with Crippen LogP contribution in [0.2, 0.25) is 0 Å². The number of H-pyrrole nitrogens is 1. The Morgan fingerprint density at radius 1 is 1.24 bits per heavy atom. The quantitative estimate of drug-likeness (QED) is 0.733. The third-order valence-electron chi connectivity index (χ3n) is 3.32. The van der Waals surface area contributed by atoms with E-state index in [-0.39, 0.29) is 11.2 Å². The Balaban J connectivity index is 2.44. The zero-order valence-electron chi connectivity index (χ0n) is 9.15. The Labute approximate surface area is 111 Å². The van der Waals surface area contributed by atoms with E-state index >= 15 is 0 Å². The summed E-state index contributed by atoms with van der Waals surface area (Å²) in [5, 5.41) is 0.482. The Morgan fingerprint density at radius 2 is 2.00 bits per heavy atom. The van der Waals surface area contributed by atoms with Crippen molar-refractivity contribution in [1.29, 1.82) is 0 Å². The van der Waals surface area contributed by atoms with Crippen molar-refractivity contribution in [3.63, 3.8) is 0 Å². The molecular weight excluding hydrogens is 332 g/mol. The van der Waals surface area contributed by atoms with Crippen molar-refractivity contribution >= 4 is 33.5 Å². The number of halogens is 2. The summed E-state index contributed by atoms with van der Waals surface area (Å²) in [6, 6.07) is 2.79. The summed E-state index contributed by atoms with van der Waals surface area (Å²) in [6.45, 7) is 0. The van der Waals surface area contributed by atoms with Crippen molar-refractivity contribution in [2.24, 2.45) is 0 Å². The van der Waals surface area contributed by atoms with Gasteiger partial charge in [-0.3, -0.25) is 4.79 Å². The average Bonchev–Trinajstić information content (AvgIpc) is 2.31. The van der Waals surface area contributed by atoms with Gasteiger partial charge in [0.05, 0.1) is 5.52 Å². The van der Waals surface area contributed by atoms with Crippen LogP contribution in [0, 0.1) is 9.39 Å². The molecule has 88 valence electrons. The molecule has 1 aromatic carbocycles. The summed E-state index contributed by atoms with van der Waals surface area (Å²) in [5.41, 5.74) is 2.67. The Morgan fingerprint density at radius 3 is 2.82 bits per heavy atom. The molecule has 1 aliphatic carbocycles. The highest BCUT2D eigenvalue weighted by Gasteiger charge is 2.17. The minimum atomic E-state index is -0.344. The van der Waals surface area contributed by atoms with Crippen LogP contribution in [0.3, 0.4) is 0 Å². The van der Waals surface area contributed by atoms with E-state index in [1.165, 1.54) is 12.1 Å². The van der Waals surface area contributed by atoms with Crippen molar-refractivity contribution in [1.82, 2.24) is 4.98 Å². The summed E-state index contributed by atoms with van der Waals surface area (Å²) < 4.78 is 14.1. The zero-order chi connectivity index (χ0) is 12.0. The maximum Gasteiger partial charge on any atom is 0.192 e. The molecule has 0 spiro atoms. The molecule has 4 heteroatoms. The van der Waals surface area contributed by atoms with E-state index in [9.17, 15) is 9.18 Å². The van der Waals surface area contributed by atoms with Crippen LogP contribution in [0.15, 0.2) is 16.9 Å². The second-order valence-corrected chi connectivity index (χ2v) is 5.59. The van der Waals surface area contributed by atoms with Gasteiger partial charge in [-0.1, -0.05) is 0 Å². The van der Waals surface area contributed by atoms with E-state index in [0.29, 0.717) is 5.39 Å². The predicted octanol–water partition coefficient (Wildman–Crippen LogP) is 3.15. The molecule has 0 unspecified atom stereocenters. The molecule has 2 aromatic rings. The Kier molecular flexibility index (Phi) is 2.69. The predicted molar refractivity (Wildman–Crippen MR) is 73.9 cm³/mol. The summed E-state index contributed by atoms with van der Waals surface area (Å²) in [6.07, 6.45) is 3.90. The zero-order valence-corrected chi connectivity index (χ0v) is 11.3. The van der Waals surface area contributed by atoms with Crippen LogP contribution in [0.25, 0.3) is 10.9 Å². The molecule has 0 amide bonds. The van der Waals surface area contributed by atoms with Gasteiger partial charge in [0.15, 0.2) is 5.43 Å².